The first-order chi connectivity index (χ1) is 6.81. The number of aliphatic hydroxyl groups excluding tert-OH is 1. The monoisotopic (exact) mass is 198 g/mol. The van der Waals surface area contributed by atoms with Crippen molar-refractivity contribution >= 4 is 0 Å². The fourth-order valence-corrected chi connectivity index (χ4v) is 0.697. The van der Waals surface area contributed by atoms with Crippen LogP contribution in [0.2, 0.25) is 0 Å². The molecule has 0 bridgehead atoms. The van der Waals surface area contributed by atoms with E-state index in [0.717, 1.165) is 18.4 Å². The lowest BCUT2D eigenvalue weighted by Gasteiger charge is -1.98. The zero-order valence-corrected chi connectivity index (χ0v) is 8.88. The molecule has 1 N–H and O–H groups in total. The lowest BCUT2D eigenvalue weighted by Crippen LogP contribution is -1.97. The van der Waals surface area contributed by atoms with Crippen LogP contribution in [0.1, 0.15) is 19.8 Å². The summed E-state index contributed by atoms with van der Waals surface area (Å²) >= 11 is 0. The molecule has 80 valence electrons. The van der Waals surface area contributed by atoms with Crippen molar-refractivity contribution in [1.29, 1.82) is 0 Å². The standard InChI is InChI=1S/C11H18O3/c1-11(9-12)7-5-3-4-6-8-14-10-13-2/h7,12H,4,6,8-10H2,1-2H3/b11-7-. The van der Waals surface area contributed by atoms with Gasteiger partial charge in [-0.15, -0.1) is 0 Å². The molecule has 0 aromatic rings. The Morgan fingerprint density at radius 3 is 2.93 bits per heavy atom. The van der Waals surface area contributed by atoms with Gasteiger partial charge in [0.15, 0.2) is 0 Å². The molecule has 0 aliphatic carbocycles. The second-order valence-electron chi connectivity index (χ2n) is 2.89. The summed E-state index contributed by atoms with van der Waals surface area (Å²) in [6.07, 6.45) is 3.44. The number of methoxy groups -OCH3 is 1. The average Bonchev–Trinajstić information content (AvgIpc) is 2.21. The van der Waals surface area contributed by atoms with Crippen molar-refractivity contribution in [2.45, 2.75) is 19.8 Å². The van der Waals surface area contributed by atoms with Gasteiger partial charge in [0.25, 0.3) is 0 Å². The van der Waals surface area contributed by atoms with Crippen molar-refractivity contribution in [2.75, 3.05) is 27.1 Å². The molecule has 0 rings (SSSR count). The van der Waals surface area contributed by atoms with Crippen LogP contribution in [0.25, 0.3) is 0 Å². The van der Waals surface area contributed by atoms with Crippen LogP contribution < -0.4 is 0 Å². The molecule has 0 fully saturated rings. The van der Waals surface area contributed by atoms with Crippen LogP contribution in [-0.2, 0) is 9.47 Å². The molecule has 0 amide bonds. The third-order valence-corrected chi connectivity index (χ3v) is 1.46. The molecular formula is C11H18O3. The van der Waals surface area contributed by atoms with E-state index in [-0.39, 0.29) is 6.61 Å². The minimum atomic E-state index is 0.0750. The largest absolute Gasteiger partial charge is 0.392 e. The van der Waals surface area contributed by atoms with Crippen molar-refractivity contribution in [3.05, 3.63) is 11.6 Å². The summed E-state index contributed by atoms with van der Waals surface area (Å²) in [5.74, 6) is 5.84. The third kappa shape index (κ3) is 9.27. The third-order valence-electron chi connectivity index (χ3n) is 1.46. The lowest BCUT2D eigenvalue weighted by atomic mass is 10.3. The minimum absolute atomic E-state index is 0.0750. The Bertz CT molecular complexity index is 210. The van der Waals surface area contributed by atoms with Gasteiger partial charge in [0.1, 0.15) is 6.79 Å². The molecule has 0 saturated heterocycles. The Morgan fingerprint density at radius 2 is 2.29 bits per heavy atom. The maximum Gasteiger partial charge on any atom is 0.146 e. The van der Waals surface area contributed by atoms with Crippen LogP contribution >= 0.6 is 0 Å². The summed E-state index contributed by atoms with van der Waals surface area (Å²) in [7, 11) is 1.60. The number of unbranched alkanes of at least 4 members (excludes halogenated alkanes) is 1. The lowest BCUT2D eigenvalue weighted by molar-refractivity contribution is -0.0307. The van der Waals surface area contributed by atoms with Crippen LogP contribution in [-0.4, -0.2) is 32.2 Å². The van der Waals surface area contributed by atoms with Crippen molar-refractivity contribution in [1.82, 2.24) is 0 Å². The quantitative estimate of drug-likeness (QED) is 0.397. The topological polar surface area (TPSA) is 38.7 Å². The number of hydrogen-bond donors (Lipinski definition) is 1. The average molecular weight is 198 g/mol. The normalized spacial score (nSPS) is 10.9. The highest BCUT2D eigenvalue weighted by atomic mass is 16.7. The summed E-state index contributed by atoms with van der Waals surface area (Å²) in [5.41, 5.74) is 0.883. The maximum absolute atomic E-state index is 8.66. The first-order valence-corrected chi connectivity index (χ1v) is 4.62. The Kier molecular flexibility index (Phi) is 9.66. The molecule has 0 aromatic heterocycles. The van der Waals surface area contributed by atoms with E-state index in [9.17, 15) is 0 Å². The second-order valence-corrected chi connectivity index (χ2v) is 2.89. The number of ether oxygens (including phenoxy) is 2. The molecular weight excluding hydrogens is 180 g/mol. The molecule has 0 atom stereocenters. The van der Waals surface area contributed by atoms with Crippen LogP contribution in [0.15, 0.2) is 11.6 Å². The van der Waals surface area contributed by atoms with Crippen LogP contribution in [0.4, 0.5) is 0 Å². The van der Waals surface area contributed by atoms with Gasteiger partial charge in [-0.3, -0.25) is 0 Å². The molecule has 0 aliphatic heterocycles. The molecule has 0 unspecified atom stereocenters. The molecule has 0 saturated carbocycles. The van der Waals surface area contributed by atoms with E-state index in [2.05, 4.69) is 11.8 Å². The van der Waals surface area contributed by atoms with Gasteiger partial charge in [0.2, 0.25) is 0 Å². The SMILES string of the molecule is COCOCCCC#C/C=C(/C)CO. The van der Waals surface area contributed by atoms with Gasteiger partial charge in [-0.2, -0.15) is 0 Å². The van der Waals surface area contributed by atoms with Gasteiger partial charge < -0.3 is 14.6 Å². The molecule has 0 aliphatic rings. The molecule has 0 heterocycles. The summed E-state index contributed by atoms with van der Waals surface area (Å²) < 4.78 is 9.81. The van der Waals surface area contributed by atoms with Crippen molar-refractivity contribution < 1.29 is 14.6 Å². The van der Waals surface area contributed by atoms with Gasteiger partial charge in [-0.1, -0.05) is 11.8 Å². The van der Waals surface area contributed by atoms with Gasteiger partial charge in [0.05, 0.1) is 13.2 Å². The van der Waals surface area contributed by atoms with Crippen LogP contribution in [0.5, 0.6) is 0 Å². The second kappa shape index (κ2) is 10.3. The number of hydrogen-bond acceptors (Lipinski definition) is 3. The Morgan fingerprint density at radius 1 is 1.50 bits per heavy atom. The van der Waals surface area contributed by atoms with Gasteiger partial charge in [-0.25, -0.2) is 0 Å². The molecule has 14 heavy (non-hydrogen) atoms. The van der Waals surface area contributed by atoms with Crippen molar-refractivity contribution in [3.8, 4) is 11.8 Å². The summed E-state index contributed by atoms with van der Waals surface area (Å²) in [5, 5.41) is 8.66. The molecule has 0 radical (unpaired) electrons. The maximum atomic E-state index is 8.66. The van der Waals surface area contributed by atoms with E-state index in [4.69, 9.17) is 14.6 Å². The number of aliphatic hydroxyl groups is 1. The van der Waals surface area contributed by atoms with E-state index < -0.39 is 0 Å². The Balaban J connectivity index is 3.34. The van der Waals surface area contributed by atoms with E-state index in [1.165, 1.54) is 0 Å². The molecule has 0 aromatic carbocycles. The highest BCUT2D eigenvalue weighted by molar-refractivity contribution is 5.20. The van der Waals surface area contributed by atoms with E-state index in [1.807, 2.05) is 6.92 Å². The molecule has 0 spiro atoms. The molecule has 3 nitrogen and oxygen atoms in total. The zero-order chi connectivity index (χ0) is 10.6. The smallest absolute Gasteiger partial charge is 0.146 e. The number of allylic oxidation sites excluding steroid dienone is 1. The fraction of sp³-hybridized carbons (Fsp3) is 0.636. The highest BCUT2D eigenvalue weighted by Gasteiger charge is 1.84. The Hall–Kier alpha value is -0.820. The molecule has 3 heteroatoms. The van der Waals surface area contributed by atoms with Crippen molar-refractivity contribution in [2.24, 2.45) is 0 Å². The first-order valence-electron chi connectivity index (χ1n) is 4.62. The van der Waals surface area contributed by atoms with Gasteiger partial charge >= 0.3 is 0 Å². The minimum Gasteiger partial charge on any atom is -0.392 e. The summed E-state index contributed by atoms with van der Waals surface area (Å²) in [6.45, 7) is 2.93. The van der Waals surface area contributed by atoms with E-state index in [0.29, 0.717) is 13.4 Å². The predicted molar refractivity (Wildman–Crippen MR) is 55.7 cm³/mol. The van der Waals surface area contributed by atoms with Crippen molar-refractivity contribution in [3.63, 3.8) is 0 Å². The van der Waals surface area contributed by atoms with Gasteiger partial charge in [0, 0.05) is 13.5 Å². The first kappa shape index (κ1) is 13.2. The summed E-state index contributed by atoms with van der Waals surface area (Å²) in [6, 6.07) is 0. The van der Waals surface area contributed by atoms with E-state index in [1.54, 1.807) is 13.2 Å². The summed E-state index contributed by atoms with van der Waals surface area (Å²) in [4.78, 5) is 0. The van der Waals surface area contributed by atoms with Crippen LogP contribution in [0, 0.1) is 11.8 Å². The van der Waals surface area contributed by atoms with E-state index >= 15 is 0 Å². The Labute approximate surface area is 85.7 Å². The number of rotatable bonds is 6. The zero-order valence-electron chi connectivity index (χ0n) is 8.88. The fourth-order valence-electron chi connectivity index (χ4n) is 0.697. The van der Waals surface area contributed by atoms with Crippen LogP contribution in [0.3, 0.4) is 0 Å². The predicted octanol–water partition coefficient (Wildman–Crippen LogP) is 1.33. The highest BCUT2D eigenvalue weighted by Crippen LogP contribution is 1.90. The van der Waals surface area contributed by atoms with Gasteiger partial charge in [-0.05, 0) is 25.0 Å².